The number of carbonyl (C=O) groups is 2. The highest BCUT2D eigenvalue weighted by molar-refractivity contribution is 6.04. The van der Waals surface area contributed by atoms with E-state index < -0.39 is 5.82 Å². The number of benzene rings is 3. The van der Waals surface area contributed by atoms with Crippen LogP contribution in [0.3, 0.4) is 0 Å². The first-order valence-corrected chi connectivity index (χ1v) is 9.63. The second kappa shape index (κ2) is 9.04. The molecule has 4 rings (SSSR count). The van der Waals surface area contributed by atoms with Crippen LogP contribution < -0.4 is 10.6 Å². The molecule has 154 valence electrons. The van der Waals surface area contributed by atoms with Gasteiger partial charge in [-0.2, -0.15) is 5.10 Å². The van der Waals surface area contributed by atoms with Gasteiger partial charge in [0.15, 0.2) is 0 Å². The maximum atomic E-state index is 13.0. The minimum Gasteiger partial charge on any atom is -0.348 e. The van der Waals surface area contributed by atoms with Crippen molar-refractivity contribution in [1.29, 1.82) is 0 Å². The van der Waals surface area contributed by atoms with E-state index in [1.807, 2.05) is 36.4 Å². The van der Waals surface area contributed by atoms with Gasteiger partial charge in [-0.15, -0.1) is 0 Å². The minimum atomic E-state index is -0.401. The number of nitrogens with one attached hydrogen (secondary N) is 3. The van der Waals surface area contributed by atoms with Crippen LogP contribution in [0.25, 0.3) is 11.3 Å². The molecule has 0 spiro atoms. The van der Waals surface area contributed by atoms with Crippen molar-refractivity contribution in [3.63, 3.8) is 0 Å². The van der Waals surface area contributed by atoms with Crippen LogP contribution in [0.2, 0.25) is 0 Å². The third-order valence-corrected chi connectivity index (χ3v) is 4.69. The van der Waals surface area contributed by atoms with E-state index in [4.69, 9.17) is 0 Å². The third kappa shape index (κ3) is 4.84. The molecule has 0 aliphatic rings. The SMILES string of the molecule is O=C(Nc1cccc(CNC(=O)c2cn[nH]c2-c2ccccc2)c1)c1ccc(F)cc1. The van der Waals surface area contributed by atoms with Crippen molar-refractivity contribution in [3.8, 4) is 11.3 Å². The van der Waals surface area contributed by atoms with Crippen molar-refractivity contribution in [1.82, 2.24) is 15.5 Å². The first kappa shape index (κ1) is 20.0. The first-order valence-electron chi connectivity index (χ1n) is 9.63. The maximum Gasteiger partial charge on any atom is 0.255 e. The van der Waals surface area contributed by atoms with Crippen molar-refractivity contribution < 1.29 is 14.0 Å². The summed E-state index contributed by atoms with van der Waals surface area (Å²) in [6.45, 7) is 0.276. The minimum absolute atomic E-state index is 0.256. The predicted molar refractivity (Wildman–Crippen MR) is 116 cm³/mol. The van der Waals surface area contributed by atoms with E-state index in [-0.39, 0.29) is 18.4 Å². The van der Waals surface area contributed by atoms with Crippen LogP contribution in [0.5, 0.6) is 0 Å². The van der Waals surface area contributed by atoms with Gasteiger partial charge < -0.3 is 10.6 Å². The van der Waals surface area contributed by atoms with Crippen molar-refractivity contribution in [2.24, 2.45) is 0 Å². The molecule has 0 saturated heterocycles. The van der Waals surface area contributed by atoms with E-state index in [0.717, 1.165) is 11.1 Å². The fraction of sp³-hybridized carbons (Fsp3) is 0.0417. The summed E-state index contributed by atoms with van der Waals surface area (Å²) in [5, 5.41) is 12.5. The molecule has 2 amide bonds. The number of hydrogen-bond acceptors (Lipinski definition) is 3. The summed E-state index contributed by atoms with van der Waals surface area (Å²) in [6.07, 6.45) is 1.50. The summed E-state index contributed by atoms with van der Waals surface area (Å²) in [5.74, 6) is -0.997. The number of H-pyrrole nitrogens is 1. The Morgan fingerprint density at radius 1 is 0.903 bits per heavy atom. The van der Waals surface area contributed by atoms with Crippen LogP contribution in [-0.4, -0.2) is 22.0 Å². The standard InChI is InChI=1S/C24H19FN4O2/c25-19-11-9-18(10-12-19)23(30)28-20-8-4-5-16(13-20)14-26-24(31)21-15-27-29-22(21)17-6-2-1-3-7-17/h1-13,15H,14H2,(H,26,31)(H,27,29)(H,28,30). The van der Waals surface area contributed by atoms with Gasteiger partial charge >= 0.3 is 0 Å². The van der Waals surface area contributed by atoms with E-state index in [9.17, 15) is 14.0 Å². The molecule has 1 heterocycles. The van der Waals surface area contributed by atoms with E-state index in [2.05, 4.69) is 20.8 Å². The largest absolute Gasteiger partial charge is 0.348 e. The molecule has 31 heavy (non-hydrogen) atoms. The Labute approximate surface area is 178 Å². The summed E-state index contributed by atoms with van der Waals surface area (Å²) in [5.41, 5.74) is 3.72. The molecule has 0 aliphatic carbocycles. The summed E-state index contributed by atoms with van der Waals surface area (Å²) in [4.78, 5) is 25.0. The normalized spacial score (nSPS) is 10.5. The second-order valence-electron chi connectivity index (χ2n) is 6.87. The molecular weight excluding hydrogens is 395 g/mol. The smallest absolute Gasteiger partial charge is 0.255 e. The summed E-state index contributed by atoms with van der Waals surface area (Å²) in [7, 11) is 0. The van der Waals surface area contributed by atoms with Gasteiger partial charge in [0.1, 0.15) is 5.82 Å². The van der Waals surface area contributed by atoms with Gasteiger partial charge in [-0.3, -0.25) is 14.7 Å². The number of aromatic amines is 1. The van der Waals surface area contributed by atoms with Crippen LogP contribution in [-0.2, 0) is 6.54 Å². The van der Waals surface area contributed by atoms with Gasteiger partial charge in [0.2, 0.25) is 0 Å². The molecule has 4 aromatic rings. The van der Waals surface area contributed by atoms with Crippen LogP contribution in [0.4, 0.5) is 10.1 Å². The highest BCUT2D eigenvalue weighted by atomic mass is 19.1. The number of aromatic nitrogens is 2. The van der Waals surface area contributed by atoms with Crippen LogP contribution in [0, 0.1) is 5.82 Å². The lowest BCUT2D eigenvalue weighted by molar-refractivity contribution is 0.0950. The number of halogens is 1. The quantitative estimate of drug-likeness (QED) is 0.437. The topological polar surface area (TPSA) is 86.9 Å². The highest BCUT2D eigenvalue weighted by Gasteiger charge is 2.15. The Hall–Kier alpha value is -4.26. The van der Waals surface area contributed by atoms with Gasteiger partial charge in [-0.05, 0) is 42.0 Å². The average molecular weight is 414 g/mol. The molecule has 1 aromatic heterocycles. The molecule has 0 radical (unpaired) electrons. The fourth-order valence-electron chi connectivity index (χ4n) is 3.12. The zero-order chi connectivity index (χ0) is 21.6. The molecule has 0 saturated carbocycles. The molecule has 3 N–H and O–H groups in total. The average Bonchev–Trinajstić information content (AvgIpc) is 3.29. The van der Waals surface area contributed by atoms with Gasteiger partial charge in [0.25, 0.3) is 11.8 Å². The first-order chi connectivity index (χ1) is 15.1. The van der Waals surface area contributed by atoms with E-state index in [1.165, 1.54) is 30.5 Å². The Kier molecular flexibility index (Phi) is 5.84. The van der Waals surface area contributed by atoms with Gasteiger partial charge in [-0.25, -0.2) is 4.39 Å². The fourth-order valence-corrected chi connectivity index (χ4v) is 3.12. The van der Waals surface area contributed by atoms with Crippen molar-refractivity contribution in [2.45, 2.75) is 6.54 Å². The monoisotopic (exact) mass is 414 g/mol. The molecule has 0 unspecified atom stereocenters. The van der Waals surface area contributed by atoms with Crippen molar-refractivity contribution in [2.75, 3.05) is 5.32 Å². The summed E-state index contributed by atoms with van der Waals surface area (Å²) < 4.78 is 13.0. The molecular formula is C24H19FN4O2. The lowest BCUT2D eigenvalue weighted by Gasteiger charge is -2.09. The predicted octanol–water partition coefficient (Wildman–Crippen LogP) is 4.40. The van der Waals surface area contributed by atoms with E-state index >= 15 is 0 Å². The molecule has 7 heteroatoms. The van der Waals surface area contributed by atoms with Gasteiger partial charge in [0.05, 0.1) is 17.5 Å². The second-order valence-corrected chi connectivity index (χ2v) is 6.87. The summed E-state index contributed by atoms with van der Waals surface area (Å²) >= 11 is 0. The molecule has 0 bridgehead atoms. The molecule has 6 nitrogen and oxygen atoms in total. The van der Waals surface area contributed by atoms with Gasteiger partial charge in [-0.1, -0.05) is 42.5 Å². The number of nitrogens with zero attached hydrogens (tertiary/aromatic N) is 1. The number of hydrogen-bond donors (Lipinski definition) is 3. The number of rotatable bonds is 6. The van der Waals surface area contributed by atoms with E-state index in [1.54, 1.807) is 18.2 Å². The number of anilines is 1. The van der Waals surface area contributed by atoms with Crippen LogP contribution in [0.1, 0.15) is 26.3 Å². The highest BCUT2D eigenvalue weighted by Crippen LogP contribution is 2.20. The molecule has 0 aliphatic heterocycles. The molecule has 0 atom stereocenters. The number of amides is 2. The molecule has 3 aromatic carbocycles. The van der Waals surface area contributed by atoms with Crippen molar-refractivity contribution in [3.05, 3.63) is 108 Å². The van der Waals surface area contributed by atoms with E-state index in [0.29, 0.717) is 22.5 Å². The number of carbonyl (C=O) groups excluding carboxylic acids is 2. The Bertz CT molecular complexity index is 1200. The Balaban J connectivity index is 1.41. The van der Waals surface area contributed by atoms with Crippen LogP contribution >= 0.6 is 0 Å². The Morgan fingerprint density at radius 2 is 1.68 bits per heavy atom. The zero-order valence-electron chi connectivity index (χ0n) is 16.4. The lowest BCUT2D eigenvalue weighted by atomic mass is 10.1. The Morgan fingerprint density at radius 3 is 2.45 bits per heavy atom. The molecule has 0 fully saturated rings. The van der Waals surface area contributed by atoms with Crippen molar-refractivity contribution >= 4 is 17.5 Å². The van der Waals surface area contributed by atoms with Gasteiger partial charge in [0, 0.05) is 23.4 Å². The maximum absolute atomic E-state index is 13.0. The van der Waals surface area contributed by atoms with Crippen LogP contribution in [0.15, 0.2) is 85.1 Å². The lowest BCUT2D eigenvalue weighted by Crippen LogP contribution is -2.23. The summed E-state index contributed by atoms with van der Waals surface area (Å²) in [6, 6.07) is 22.0. The zero-order valence-corrected chi connectivity index (χ0v) is 16.4. The third-order valence-electron chi connectivity index (χ3n) is 4.69.